The molecule has 0 saturated carbocycles. The number of benzene rings is 1. The van der Waals surface area contributed by atoms with Crippen molar-refractivity contribution in [2.45, 2.75) is 18.5 Å². The first-order valence-corrected chi connectivity index (χ1v) is 8.25. The van der Waals surface area contributed by atoms with Gasteiger partial charge in [-0.3, -0.25) is 14.5 Å². The van der Waals surface area contributed by atoms with Crippen molar-refractivity contribution in [1.82, 2.24) is 4.90 Å². The number of anilines is 1. The summed E-state index contributed by atoms with van der Waals surface area (Å²) in [6, 6.07) is 7.54. The average molecular weight is 346 g/mol. The van der Waals surface area contributed by atoms with Gasteiger partial charge in [0, 0.05) is 39.3 Å². The molecule has 2 saturated heterocycles. The van der Waals surface area contributed by atoms with Crippen LogP contribution in [0.2, 0.25) is 0 Å². The quantitative estimate of drug-likeness (QED) is 0.591. The Morgan fingerprint density at radius 3 is 2.32 bits per heavy atom. The molecule has 4 atom stereocenters. The van der Waals surface area contributed by atoms with E-state index in [-0.39, 0.29) is 17.9 Å². The molecule has 1 aromatic carbocycles. The predicted molar refractivity (Wildman–Crippen MR) is 90.6 cm³/mol. The Morgan fingerprint density at radius 2 is 1.80 bits per heavy atom. The summed E-state index contributed by atoms with van der Waals surface area (Å²) in [5.41, 5.74) is 0.853. The zero-order chi connectivity index (χ0) is 18.5. The number of nitrogens with zero attached hydrogens (tertiary/aromatic N) is 2. The fourth-order valence-corrected chi connectivity index (χ4v) is 4.12. The Balaban J connectivity index is 2.04. The van der Waals surface area contributed by atoms with E-state index >= 15 is 0 Å². The minimum Gasteiger partial charge on any atom is -0.464 e. The molecule has 134 valence electrons. The third-order valence-electron chi connectivity index (χ3n) is 5.55. The highest BCUT2D eigenvalue weighted by Crippen LogP contribution is 2.43. The van der Waals surface area contributed by atoms with Crippen LogP contribution in [0.5, 0.6) is 0 Å². The molecule has 2 amide bonds. The summed E-state index contributed by atoms with van der Waals surface area (Å²) in [5.74, 6) is -2.30. The molecule has 7 nitrogen and oxygen atoms in total. The third-order valence-corrected chi connectivity index (χ3v) is 5.55. The molecule has 0 aliphatic carbocycles. The van der Waals surface area contributed by atoms with Crippen molar-refractivity contribution in [3.8, 4) is 0 Å². The lowest BCUT2D eigenvalue weighted by Crippen LogP contribution is -2.97. The molecule has 2 N–H and O–H groups in total. The van der Waals surface area contributed by atoms with Crippen LogP contribution in [0.4, 0.5) is 5.69 Å². The lowest BCUT2D eigenvalue weighted by Gasteiger charge is -2.24. The average Bonchev–Trinajstić information content (AvgIpc) is 3.04. The Morgan fingerprint density at radius 1 is 1.20 bits per heavy atom. The summed E-state index contributed by atoms with van der Waals surface area (Å²) < 4.78 is 4.94. The van der Waals surface area contributed by atoms with Gasteiger partial charge < -0.3 is 15.0 Å². The van der Waals surface area contributed by atoms with Crippen molar-refractivity contribution in [1.29, 1.82) is 0 Å². The maximum absolute atomic E-state index is 12.7. The third kappa shape index (κ3) is 2.41. The number of quaternary nitrogens is 1. The van der Waals surface area contributed by atoms with E-state index in [1.54, 1.807) is 6.92 Å². The topological polar surface area (TPSA) is 83.5 Å². The first-order valence-electron chi connectivity index (χ1n) is 8.25. The van der Waals surface area contributed by atoms with Crippen molar-refractivity contribution in [2.24, 2.45) is 11.8 Å². The van der Waals surface area contributed by atoms with E-state index in [0.29, 0.717) is 0 Å². The molecule has 7 heteroatoms. The van der Waals surface area contributed by atoms with Gasteiger partial charge in [0.2, 0.25) is 17.4 Å². The number of rotatable bonds is 3. The Hall–Kier alpha value is -2.41. The van der Waals surface area contributed by atoms with Crippen molar-refractivity contribution in [2.75, 3.05) is 33.2 Å². The van der Waals surface area contributed by atoms with Gasteiger partial charge >= 0.3 is 5.97 Å². The zero-order valence-corrected chi connectivity index (χ0v) is 15.1. The number of nitrogens with two attached hydrogens (primary N) is 1. The van der Waals surface area contributed by atoms with Crippen molar-refractivity contribution in [3.63, 3.8) is 0 Å². The molecule has 2 fully saturated rings. The molecule has 2 heterocycles. The molecule has 1 aromatic rings. The van der Waals surface area contributed by atoms with Gasteiger partial charge in [-0.15, -0.1) is 0 Å². The first-order chi connectivity index (χ1) is 11.7. The molecule has 0 spiro atoms. The first kappa shape index (κ1) is 17.4. The van der Waals surface area contributed by atoms with E-state index in [1.807, 2.05) is 48.6 Å². The molecule has 0 aromatic heterocycles. The van der Waals surface area contributed by atoms with Gasteiger partial charge in [-0.05, 0) is 12.1 Å². The molecule has 0 bridgehead atoms. The second kappa shape index (κ2) is 5.84. The molecule has 0 radical (unpaired) electrons. The second-order valence-corrected chi connectivity index (χ2v) is 7.19. The van der Waals surface area contributed by atoms with Crippen LogP contribution in [-0.4, -0.2) is 56.5 Å². The van der Waals surface area contributed by atoms with Crippen molar-refractivity contribution in [3.05, 3.63) is 29.8 Å². The second-order valence-electron chi connectivity index (χ2n) is 7.19. The number of likely N-dealkylation sites (tertiary alicyclic amines) is 1. The van der Waals surface area contributed by atoms with Crippen LogP contribution in [0.15, 0.2) is 24.3 Å². The van der Waals surface area contributed by atoms with E-state index in [1.165, 1.54) is 14.2 Å². The van der Waals surface area contributed by atoms with Crippen LogP contribution in [0.3, 0.4) is 0 Å². The largest absolute Gasteiger partial charge is 0.464 e. The van der Waals surface area contributed by atoms with Crippen LogP contribution in [0.25, 0.3) is 0 Å². The number of amides is 2. The monoisotopic (exact) mass is 346 g/mol. The van der Waals surface area contributed by atoms with Crippen LogP contribution < -0.4 is 10.2 Å². The standard InChI is InChI=1S/C18H23N3O4/c1-18(17(24)25-5)13-12(15(22)21(4)16(13)23)14(19-18)10-6-8-11(9-7-10)20(2)3/h6-9,12-14,19H,1-5H3/p+1/t12-,13-,14-,18-/m0/s1. The molecular formula is C18H24N3O4+. The number of ether oxygens (including phenoxy) is 1. The number of esters is 1. The van der Waals surface area contributed by atoms with Gasteiger partial charge in [-0.1, -0.05) is 12.1 Å². The summed E-state index contributed by atoms with van der Waals surface area (Å²) in [4.78, 5) is 40.9. The summed E-state index contributed by atoms with van der Waals surface area (Å²) in [6.45, 7) is 1.69. The maximum atomic E-state index is 12.7. The maximum Gasteiger partial charge on any atom is 0.368 e. The van der Waals surface area contributed by atoms with Crippen molar-refractivity contribution < 1.29 is 24.4 Å². The van der Waals surface area contributed by atoms with Gasteiger partial charge in [0.05, 0.1) is 7.11 Å². The van der Waals surface area contributed by atoms with E-state index in [0.717, 1.165) is 16.2 Å². The smallest absolute Gasteiger partial charge is 0.368 e. The fraction of sp³-hybridized carbons (Fsp3) is 0.500. The van der Waals surface area contributed by atoms with Gasteiger partial charge in [-0.25, -0.2) is 4.79 Å². The minimum absolute atomic E-state index is 0.236. The number of carbonyl (C=O) groups excluding carboxylic acids is 3. The number of fused-ring (bicyclic) bond motifs is 1. The normalized spacial score (nSPS) is 31.2. The lowest BCUT2D eigenvalue weighted by molar-refractivity contribution is -0.731. The summed E-state index contributed by atoms with van der Waals surface area (Å²) in [6.07, 6.45) is 0. The SMILES string of the molecule is COC(=O)[C@@]1(C)[NH2+][C@@H](c2ccc(N(C)C)cc2)[C@H]2C(=O)N(C)C(=O)[C@H]21. The molecule has 2 aliphatic rings. The van der Waals surface area contributed by atoms with E-state index in [2.05, 4.69) is 0 Å². The molecule has 2 aliphatic heterocycles. The molecule has 25 heavy (non-hydrogen) atoms. The van der Waals surface area contributed by atoms with Gasteiger partial charge in [0.25, 0.3) is 0 Å². The van der Waals surface area contributed by atoms with E-state index in [4.69, 9.17) is 4.74 Å². The number of imide groups is 1. The van der Waals surface area contributed by atoms with Crippen LogP contribution >= 0.6 is 0 Å². The van der Waals surface area contributed by atoms with Crippen molar-refractivity contribution >= 4 is 23.5 Å². The van der Waals surface area contributed by atoms with Gasteiger partial charge in [-0.2, -0.15) is 0 Å². The highest BCUT2D eigenvalue weighted by Gasteiger charge is 2.70. The number of methoxy groups -OCH3 is 1. The summed E-state index contributed by atoms with van der Waals surface area (Å²) in [5, 5.41) is 1.82. The summed E-state index contributed by atoms with van der Waals surface area (Å²) >= 11 is 0. The van der Waals surface area contributed by atoms with E-state index in [9.17, 15) is 14.4 Å². The Labute approximate surface area is 146 Å². The van der Waals surface area contributed by atoms with Gasteiger partial charge in [0.1, 0.15) is 17.9 Å². The molecule has 0 unspecified atom stereocenters. The summed E-state index contributed by atoms with van der Waals surface area (Å²) in [7, 11) is 6.69. The predicted octanol–water partition coefficient (Wildman–Crippen LogP) is -0.467. The lowest BCUT2D eigenvalue weighted by atomic mass is 9.80. The van der Waals surface area contributed by atoms with E-state index < -0.39 is 23.3 Å². The highest BCUT2D eigenvalue weighted by molar-refractivity contribution is 6.08. The molecular weight excluding hydrogens is 322 g/mol. The van der Waals surface area contributed by atoms with Gasteiger partial charge in [0.15, 0.2) is 0 Å². The Bertz CT molecular complexity index is 730. The van der Waals surface area contributed by atoms with Crippen LogP contribution in [-0.2, 0) is 19.1 Å². The number of carbonyl (C=O) groups is 3. The minimum atomic E-state index is -1.11. The van der Waals surface area contributed by atoms with Crippen LogP contribution in [0, 0.1) is 11.8 Å². The van der Waals surface area contributed by atoms with Crippen LogP contribution in [0.1, 0.15) is 18.5 Å². The Kier molecular flexibility index (Phi) is 4.07. The number of hydrogen-bond acceptors (Lipinski definition) is 5. The fourth-order valence-electron chi connectivity index (χ4n) is 4.12. The number of hydrogen-bond donors (Lipinski definition) is 1. The highest BCUT2D eigenvalue weighted by atomic mass is 16.5. The zero-order valence-electron chi connectivity index (χ0n) is 15.1. The molecule has 3 rings (SSSR count).